The monoisotopic (exact) mass is 380 g/mol. The van der Waals surface area contributed by atoms with Gasteiger partial charge in [-0.1, -0.05) is 0 Å². The van der Waals surface area contributed by atoms with Gasteiger partial charge in [-0.3, -0.25) is 4.79 Å². The van der Waals surface area contributed by atoms with E-state index in [1.807, 2.05) is 0 Å². The minimum atomic E-state index is -3.90. The molecule has 1 unspecified atom stereocenters. The molecule has 0 bridgehead atoms. The van der Waals surface area contributed by atoms with Crippen molar-refractivity contribution >= 4 is 18.6 Å². The van der Waals surface area contributed by atoms with Crippen LogP contribution in [0.4, 0.5) is 0 Å². The third kappa shape index (κ3) is 3.17. The Morgan fingerprint density at radius 2 is 1.73 bits per heavy atom. The van der Waals surface area contributed by atoms with Crippen molar-refractivity contribution in [1.29, 1.82) is 0 Å². The summed E-state index contributed by atoms with van der Waals surface area (Å²) in [4.78, 5) is 21.5. The molecule has 0 fully saturated rings. The van der Waals surface area contributed by atoms with Gasteiger partial charge in [-0.05, 0) is 18.2 Å². The Hall–Kier alpha value is -3.16. The second-order valence-corrected chi connectivity index (χ2v) is 7.31. The third-order valence-corrected chi connectivity index (χ3v) is 3.96. The number of hydrogen-bond acceptors (Lipinski definition) is 8. The van der Waals surface area contributed by atoms with Crippen LogP contribution in [-0.2, 0) is 4.57 Å². The maximum absolute atomic E-state index is 12.3. The van der Waals surface area contributed by atoms with E-state index < -0.39 is 30.3 Å². The van der Waals surface area contributed by atoms with Gasteiger partial charge in [-0.15, -0.1) is 0 Å². The maximum Gasteiger partial charge on any atom is 0.373 e. The van der Waals surface area contributed by atoms with E-state index in [1.165, 1.54) is 6.07 Å². The van der Waals surface area contributed by atoms with Gasteiger partial charge in [-0.25, -0.2) is 4.57 Å². The van der Waals surface area contributed by atoms with Crippen molar-refractivity contribution in [1.82, 2.24) is 0 Å². The number of hydrogen-bond donors (Lipinski definition) is 5. The zero-order valence-electron chi connectivity index (χ0n) is 13.2. The van der Waals surface area contributed by atoms with Crippen LogP contribution in [0.5, 0.6) is 28.7 Å². The molecule has 5 N–H and O–H groups in total. The molecule has 0 saturated heterocycles. The summed E-state index contributed by atoms with van der Waals surface area (Å²) >= 11 is 0. The largest absolute Gasteiger partial charge is 0.508 e. The van der Waals surface area contributed by atoms with Crippen LogP contribution >= 0.6 is 7.60 Å². The zero-order valence-corrected chi connectivity index (χ0v) is 14.1. The summed E-state index contributed by atoms with van der Waals surface area (Å²) in [7, 11) is -3.90. The molecule has 0 aliphatic rings. The van der Waals surface area contributed by atoms with E-state index in [9.17, 15) is 34.7 Å². The summed E-state index contributed by atoms with van der Waals surface area (Å²) in [6.07, 6.45) is 0. The molecule has 1 aromatic heterocycles. The SMILES string of the molecule is CP(=O)(O)Oc1ccc(-c2oc3cc(O)cc(O)c3c(=O)c2O)cc1O. The van der Waals surface area contributed by atoms with Crippen LogP contribution in [0.2, 0.25) is 0 Å². The first-order chi connectivity index (χ1) is 12.1. The number of phenols is 3. The molecule has 9 nitrogen and oxygen atoms in total. The molecule has 3 rings (SSSR count). The fourth-order valence-electron chi connectivity index (χ4n) is 2.39. The Morgan fingerprint density at radius 1 is 1.04 bits per heavy atom. The maximum atomic E-state index is 12.3. The molecule has 2 aromatic carbocycles. The highest BCUT2D eigenvalue weighted by atomic mass is 31.2. The fourth-order valence-corrected chi connectivity index (χ4v) is 2.91. The van der Waals surface area contributed by atoms with Crippen LogP contribution in [0, 0.1) is 0 Å². The Bertz CT molecular complexity index is 1130. The van der Waals surface area contributed by atoms with E-state index in [2.05, 4.69) is 0 Å². The molecule has 1 atom stereocenters. The van der Waals surface area contributed by atoms with Gasteiger partial charge in [0, 0.05) is 24.4 Å². The Kier molecular flexibility index (Phi) is 4.06. The fraction of sp³-hybridized carbons (Fsp3) is 0.0625. The van der Waals surface area contributed by atoms with Crippen LogP contribution in [0.1, 0.15) is 0 Å². The lowest BCUT2D eigenvalue weighted by molar-refractivity contribution is 0.371. The first-order valence-corrected chi connectivity index (χ1v) is 9.14. The smallest absolute Gasteiger partial charge is 0.373 e. The molecule has 26 heavy (non-hydrogen) atoms. The summed E-state index contributed by atoms with van der Waals surface area (Å²) < 4.78 is 21.4. The van der Waals surface area contributed by atoms with Crippen molar-refractivity contribution in [2.45, 2.75) is 0 Å². The van der Waals surface area contributed by atoms with Crippen LogP contribution in [0.25, 0.3) is 22.3 Å². The minimum absolute atomic E-state index is 0.0538. The van der Waals surface area contributed by atoms with Gasteiger partial charge in [0.2, 0.25) is 11.2 Å². The molecule has 0 aliphatic carbocycles. The zero-order chi connectivity index (χ0) is 19.2. The quantitative estimate of drug-likeness (QED) is 0.430. The van der Waals surface area contributed by atoms with Gasteiger partial charge in [0.15, 0.2) is 17.3 Å². The topological polar surface area (TPSA) is 158 Å². The Balaban J connectivity index is 2.20. The molecular formula is C16H13O9P. The van der Waals surface area contributed by atoms with Gasteiger partial charge in [-0.2, -0.15) is 0 Å². The lowest BCUT2D eigenvalue weighted by Crippen LogP contribution is -2.03. The number of aromatic hydroxyl groups is 4. The molecule has 0 spiro atoms. The van der Waals surface area contributed by atoms with Crippen LogP contribution < -0.4 is 9.95 Å². The van der Waals surface area contributed by atoms with Crippen LogP contribution in [0.3, 0.4) is 0 Å². The predicted molar refractivity (Wildman–Crippen MR) is 91.0 cm³/mol. The predicted octanol–water partition coefficient (Wildman–Crippen LogP) is 2.48. The molecule has 10 heteroatoms. The van der Waals surface area contributed by atoms with Gasteiger partial charge < -0.3 is 34.3 Å². The minimum Gasteiger partial charge on any atom is -0.508 e. The van der Waals surface area contributed by atoms with Gasteiger partial charge in [0.05, 0.1) is 0 Å². The number of fused-ring (bicyclic) bond motifs is 1. The van der Waals surface area contributed by atoms with Gasteiger partial charge >= 0.3 is 7.60 Å². The summed E-state index contributed by atoms with van der Waals surface area (Å²) in [5.41, 5.74) is -1.07. The summed E-state index contributed by atoms with van der Waals surface area (Å²) in [6.45, 7) is 0.938. The average molecular weight is 380 g/mol. The highest BCUT2D eigenvalue weighted by Crippen LogP contribution is 2.44. The van der Waals surface area contributed by atoms with E-state index in [-0.39, 0.29) is 33.8 Å². The number of phenolic OH excluding ortho intramolecular Hbond substituents is 3. The van der Waals surface area contributed by atoms with Gasteiger partial charge in [0.1, 0.15) is 22.5 Å². The first-order valence-electron chi connectivity index (χ1n) is 7.12. The van der Waals surface area contributed by atoms with Crippen molar-refractivity contribution in [3.05, 3.63) is 40.6 Å². The second-order valence-electron chi connectivity index (χ2n) is 5.52. The van der Waals surface area contributed by atoms with E-state index >= 15 is 0 Å². The van der Waals surface area contributed by atoms with Crippen molar-refractivity contribution in [2.75, 3.05) is 6.66 Å². The van der Waals surface area contributed by atoms with Crippen LogP contribution in [-0.4, -0.2) is 32.0 Å². The Labute approximate surface area is 145 Å². The van der Waals surface area contributed by atoms with Crippen molar-refractivity contribution in [2.24, 2.45) is 0 Å². The molecule has 0 aliphatic heterocycles. The van der Waals surface area contributed by atoms with E-state index in [0.717, 1.165) is 30.9 Å². The van der Waals surface area contributed by atoms with Crippen molar-refractivity contribution in [3.63, 3.8) is 0 Å². The molecular weight excluding hydrogens is 367 g/mol. The molecule has 0 saturated carbocycles. The van der Waals surface area contributed by atoms with E-state index in [0.29, 0.717) is 0 Å². The van der Waals surface area contributed by atoms with Gasteiger partial charge in [0.25, 0.3) is 0 Å². The summed E-state index contributed by atoms with van der Waals surface area (Å²) in [5, 5.41) is 39.0. The van der Waals surface area contributed by atoms with E-state index in [4.69, 9.17) is 8.94 Å². The molecule has 1 heterocycles. The van der Waals surface area contributed by atoms with Crippen molar-refractivity contribution in [3.8, 4) is 40.1 Å². The summed E-state index contributed by atoms with van der Waals surface area (Å²) in [5.74, 6) is -2.89. The molecule has 0 radical (unpaired) electrons. The lowest BCUT2D eigenvalue weighted by atomic mass is 10.1. The average Bonchev–Trinajstić information content (AvgIpc) is 2.51. The van der Waals surface area contributed by atoms with Crippen LogP contribution in [0.15, 0.2) is 39.5 Å². The molecule has 3 aromatic rings. The first kappa shape index (κ1) is 17.7. The highest BCUT2D eigenvalue weighted by molar-refractivity contribution is 7.52. The standard InChI is InChI=1S/C16H13O9P/c1-26(22,23)25-11-3-2-7(4-9(11)18)16-15(21)14(20)13-10(19)5-8(17)6-12(13)24-16/h2-6,17-19,21H,1H3,(H,22,23). The normalized spacial score (nSPS) is 13.5. The number of rotatable bonds is 3. The van der Waals surface area contributed by atoms with Crippen molar-refractivity contribution < 1.29 is 38.8 Å². The van der Waals surface area contributed by atoms with E-state index in [1.54, 1.807) is 0 Å². The Morgan fingerprint density at radius 3 is 2.35 bits per heavy atom. The highest BCUT2D eigenvalue weighted by Gasteiger charge is 2.21. The third-order valence-electron chi connectivity index (χ3n) is 3.42. The molecule has 0 amide bonds. The number of benzene rings is 2. The lowest BCUT2D eigenvalue weighted by Gasteiger charge is -2.12. The summed E-state index contributed by atoms with van der Waals surface area (Å²) in [6, 6.07) is 5.49. The second kappa shape index (κ2) is 5.98. The molecule has 136 valence electrons.